The van der Waals surface area contributed by atoms with Crippen LogP contribution in [0.3, 0.4) is 0 Å². The first-order chi connectivity index (χ1) is 11.1. The van der Waals surface area contributed by atoms with Crippen molar-refractivity contribution < 1.29 is 14.3 Å². The van der Waals surface area contributed by atoms with Crippen LogP contribution in [-0.2, 0) is 4.79 Å². The number of amides is 2. The number of hydrogen-bond acceptors (Lipinski definition) is 4. The van der Waals surface area contributed by atoms with Crippen LogP contribution in [0, 0.1) is 11.3 Å². The van der Waals surface area contributed by atoms with Crippen LogP contribution in [0.25, 0.3) is 0 Å². The van der Waals surface area contributed by atoms with Gasteiger partial charge in [0, 0.05) is 18.3 Å². The monoisotopic (exact) mass is 309 g/mol. The van der Waals surface area contributed by atoms with Gasteiger partial charge in [-0.05, 0) is 42.5 Å². The van der Waals surface area contributed by atoms with E-state index in [-0.39, 0.29) is 18.2 Å². The number of ether oxygens (including phenoxy) is 1. The van der Waals surface area contributed by atoms with Crippen LogP contribution >= 0.6 is 0 Å². The van der Waals surface area contributed by atoms with Crippen LogP contribution in [0.15, 0.2) is 48.5 Å². The fourth-order valence-electron chi connectivity index (χ4n) is 1.86. The molecule has 0 unspecified atom stereocenters. The molecule has 2 aromatic carbocycles. The molecule has 0 aromatic heterocycles. The van der Waals surface area contributed by atoms with E-state index in [1.807, 2.05) is 0 Å². The normalized spacial score (nSPS) is 9.57. The number of benzene rings is 2. The molecule has 0 heterocycles. The molecule has 0 fully saturated rings. The van der Waals surface area contributed by atoms with Gasteiger partial charge in [0.1, 0.15) is 17.9 Å². The molecule has 2 amide bonds. The third-order valence-corrected chi connectivity index (χ3v) is 2.94. The van der Waals surface area contributed by atoms with Crippen LogP contribution in [0.2, 0.25) is 0 Å². The minimum Gasteiger partial charge on any atom is -0.457 e. The zero-order valence-electron chi connectivity index (χ0n) is 12.5. The van der Waals surface area contributed by atoms with E-state index in [1.54, 1.807) is 61.6 Å². The lowest BCUT2D eigenvalue weighted by atomic mass is 10.2. The third kappa shape index (κ3) is 4.58. The van der Waals surface area contributed by atoms with Crippen LogP contribution in [0.5, 0.6) is 11.5 Å². The lowest BCUT2D eigenvalue weighted by Crippen LogP contribution is -2.17. The summed E-state index contributed by atoms with van der Waals surface area (Å²) >= 11 is 0. The number of nitrogens with zero attached hydrogens (tertiary/aromatic N) is 1. The van der Waals surface area contributed by atoms with Gasteiger partial charge in [0.15, 0.2) is 0 Å². The van der Waals surface area contributed by atoms with Crippen molar-refractivity contribution in [3.8, 4) is 17.6 Å². The van der Waals surface area contributed by atoms with E-state index in [1.165, 1.54) is 0 Å². The SMILES string of the molecule is CNC(=O)c1cccc(Oc2ccc(NC(=O)CC#N)cc2)c1. The van der Waals surface area contributed by atoms with E-state index >= 15 is 0 Å². The molecule has 0 aliphatic heterocycles. The highest BCUT2D eigenvalue weighted by Crippen LogP contribution is 2.23. The van der Waals surface area contributed by atoms with Crippen LogP contribution in [-0.4, -0.2) is 18.9 Å². The van der Waals surface area contributed by atoms with Gasteiger partial charge >= 0.3 is 0 Å². The van der Waals surface area contributed by atoms with Crippen molar-refractivity contribution in [2.45, 2.75) is 6.42 Å². The van der Waals surface area contributed by atoms with Gasteiger partial charge in [-0.15, -0.1) is 0 Å². The van der Waals surface area contributed by atoms with Gasteiger partial charge in [-0.25, -0.2) is 0 Å². The predicted molar refractivity (Wildman–Crippen MR) is 85.2 cm³/mol. The van der Waals surface area contributed by atoms with Crippen LogP contribution < -0.4 is 15.4 Å². The summed E-state index contributed by atoms with van der Waals surface area (Å²) in [5.74, 6) is 0.551. The Balaban J connectivity index is 2.05. The molecular formula is C17H15N3O3. The molecule has 0 saturated heterocycles. The first kappa shape index (κ1) is 16.0. The van der Waals surface area contributed by atoms with Crippen LogP contribution in [0.4, 0.5) is 5.69 Å². The number of nitriles is 1. The van der Waals surface area contributed by atoms with Gasteiger partial charge in [-0.2, -0.15) is 5.26 Å². The Morgan fingerprint density at radius 1 is 1.13 bits per heavy atom. The molecule has 0 spiro atoms. The molecule has 6 heteroatoms. The van der Waals surface area contributed by atoms with Gasteiger partial charge in [-0.1, -0.05) is 6.07 Å². The quantitative estimate of drug-likeness (QED) is 0.888. The van der Waals surface area contributed by atoms with Crippen molar-refractivity contribution in [2.75, 3.05) is 12.4 Å². The molecule has 0 saturated carbocycles. The first-order valence-corrected chi connectivity index (χ1v) is 6.89. The zero-order valence-corrected chi connectivity index (χ0v) is 12.5. The first-order valence-electron chi connectivity index (χ1n) is 6.89. The molecule has 2 aromatic rings. The van der Waals surface area contributed by atoms with E-state index in [4.69, 9.17) is 10.00 Å². The molecular weight excluding hydrogens is 294 g/mol. The third-order valence-electron chi connectivity index (χ3n) is 2.94. The Bertz CT molecular complexity index is 748. The standard InChI is InChI=1S/C17H15N3O3/c1-19-17(22)12-3-2-4-15(11-12)23-14-7-5-13(6-8-14)20-16(21)9-10-18/h2-8,11H,9H2,1H3,(H,19,22)(H,20,21). The van der Waals surface area contributed by atoms with Crippen molar-refractivity contribution in [1.29, 1.82) is 5.26 Å². The predicted octanol–water partition coefficient (Wildman–Crippen LogP) is 2.69. The molecule has 6 nitrogen and oxygen atoms in total. The molecule has 0 aliphatic carbocycles. The summed E-state index contributed by atoms with van der Waals surface area (Å²) < 4.78 is 5.68. The van der Waals surface area contributed by atoms with Gasteiger partial charge in [0.25, 0.3) is 5.91 Å². The van der Waals surface area contributed by atoms with Crippen LogP contribution in [0.1, 0.15) is 16.8 Å². The average molecular weight is 309 g/mol. The van der Waals surface area contributed by atoms with Crippen molar-refractivity contribution in [3.05, 3.63) is 54.1 Å². The number of rotatable bonds is 5. The second-order valence-corrected chi connectivity index (χ2v) is 4.62. The van der Waals surface area contributed by atoms with E-state index in [0.717, 1.165) is 0 Å². The molecule has 23 heavy (non-hydrogen) atoms. The second-order valence-electron chi connectivity index (χ2n) is 4.62. The largest absolute Gasteiger partial charge is 0.457 e. The minimum atomic E-state index is -0.362. The summed E-state index contributed by atoms with van der Waals surface area (Å²) in [4.78, 5) is 22.9. The highest BCUT2D eigenvalue weighted by molar-refractivity contribution is 5.94. The summed E-state index contributed by atoms with van der Waals surface area (Å²) in [5.41, 5.74) is 1.09. The number of carbonyl (C=O) groups excluding carboxylic acids is 2. The Labute approximate surface area is 133 Å². The maximum absolute atomic E-state index is 11.6. The topological polar surface area (TPSA) is 91.2 Å². The fourth-order valence-corrected chi connectivity index (χ4v) is 1.86. The maximum Gasteiger partial charge on any atom is 0.251 e. The summed E-state index contributed by atoms with van der Waals surface area (Å²) in [6, 6.07) is 15.3. The van der Waals surface area contributed by atoms with Gasteiger partial charge in [0.2, 0.25) is 5.91 Å². The van der Waals surface area contributed by atoms with Gasteiger partial charge in [-0.3, -0.25) is 9.59 Å². The summed E-state index contributed by atoms with van der Waals surface area (Å²) in [5, 5.41) is 13.6. The Morgan fingerprint density at radius 2 is 1.87 bits per heavy atom. The highest BCUT2D eigenvalue weighted by atomic mass is 16.5. The molecule has 0 radical (unpaired) electrons. The summed E-state index contributed by atoms with van der Waals surface area (Å²) in [6.07, 6.45) is -0.190. The summed E-state index contributed by atoms with van der Waals surface area (Å²) in [6.45, 7) is 0. The summed E-state index contributed by atoms with van der Waals surface area (Å²) in [7, 11) is 1.56. The van der Waals surface area contributed by atoms with E-state index in [0.29, 0.717) is 22.7 Å². The van der Waals surface area contributed by atoms with Gasteiger partial charge < -0.3 is 15.4 Å². The van der Waals surface area contributed by atoms with Gasteiger partial charge in [0.05, 0.1) is 6.07 Å². The van der Waals surface area contributed by atoms with Crippen molar-refractivity contribution in [2.24, 2.45) is 0 Å². The molecule has 116 valence electrons. The molecule has 0 bridgehead atoms. The Kier molecular flexibility index (Phi) is 5.31. The van der Waals surface area contributed by atoms with Crippen molar-refractivity contribution in [1.82, 2.24) is 5.32 Å². The number of anilines is 1. The number of nitrogens with one attached hydrogen (secondary N) is 2. The Hall–Kier alpha value is -3.33. The van der Waals surface area contributed by atoms with Crippen molar-refractivity contribution in [3.63, 3.8) is 0 Å². The number of carbonyl (C=O) groups is 2. The highest BCUT2D eigenvalue weighted by Gasteiger charge is 2.06. The molecule has 2 N–H and O–H groups in total. The number of hydrogen-bond donors (Lipinski definition) is 2. The second kappa shape index (κ2) is 7.61. The van der Waals surface area contributed by atoms with Crippen molar-refractivity contribution >= 4 is 17.5 Å². The lowest BCUT2D eigenvalue weighted by Gasteiger charge is -2.08. The van der Waals surface area contributed by atoms with E-state index in [2.05, 4.69) is 10.6 Å². The van der Waals surface area contributed by atoms with E-state index in [9.17, 15) is 9.59 Å². The molecule has 2 rings (SSSR count). The maximum atomic E-state index is 11.6. The average Bonchev–Trinajstić information content (AvgIpc) is 2.56. The fraction of sp³-hybridized carbons (Fsp3) is 0.118. The molecule has 0 atom stereocenters. The zero-order chi connectivity index (χ0) is 16.7. The smallest absolute Gasteiger partial charge is 0.251 e. The minimum absolute atomic E-state index is 0.189. The lowest BCUT2D eigenvalue weighted by molar-refractivity contribution is -0.115. The molecule has 0 aliphatic rings. The Morgan fingerprint density at radius 3 is 2.52 bits per heavy atom. The van der Waals surface area contributed by atoms with E-state index < -0.39 is 0 Å².